The number of ether oxygens (including phenoxy) is 3. The lowest BCUT2D eigenvalue weighted by molar-refractivity contribution is -0.167. The summed E-state index contributed by atoms with van der Waals surface area (Å²) in [6.45, 7) is 11.4. The van der Waals surface area contributed by atoms with Crippen molar-refractivity contribution >= 4 is 17.9 Å². The molecule has 0 rings (SSSR count). The maximum absolute atomic E-state index is 12.8. The maximum atomic E-state index is 12.8. The Morgan fingerprint density at radius 1 is 0.297 bits per heavy atom. The van der Waals surface area contributed by atoms with Gasteiger partial charge in [0.2, 0.25) is 0 Å². The van der Waals surface area contributed by atoms with Crippen LogP contribution in [-0.4, -0.2) is 37.2 Å². The second-order valence-electron chi connectivity index (χ2n) is 20.9. The average Bonchev–Trinajstić information content (AvgIpc) is 3.27. The molecule has 380 valence electrons. The van der Waals surface area contributed by atoms with Crippen LogP contribution in [0.4, 0.5) is 0 Å². The van der Waals surface area contributed by atoms with E-state index in [0.717, 1.165) is 69.6 Å². The van der Waals surface area contributed by atoms with Gasteiger partial charge in [-0.25, -0.2) is 0 Å². The molecule has 1 atom stereocenters. The van der Waals surface area contributed by atoms with E-state index in [9.17, 15) is 14.4 Å². The summed E-state index contributed by atoms with van der Waals surface area (Å²) in [6.07, 6.45) is 53.8. The Morgan fingerprint density at radius 3 is 0.766 bits per heavy atom. The minimum absolute atomic E-state index is 0.0629. The van der Waals surface area contributed by atoms with E-state index >= 15 is 0 Å². The Kier molecular flexibility index (Phi) is 49.6. The van der Waals surface area contributed by atoms with Gasteiger partial charge in [-0.15, -0.1) is 0 Å². The molecule has 0 saturated carbocycles. The van der Waals surface area contributed by atoms with Crippen molar-refractivity contribution in [2.45, 2.75) is 330 Å². The van der Waals surface area contributed by atoms with E-state index in [0.29, 0.717) is 19.3 Å². The molecule has 0 saturated heterocycles. The lowest BCUT2D eigenvalue weighted by atomic mass is 10.0. The summed E-state index contributed by atoms with van der Waals surface area (Å²) in [5, 5.41) is 0. The molecule has 64 heavy (non-hydrogen) atoms. The van der Waals surface area contributed by atoms with Crippen LogP contribution in [0.3, 0.4) is 0 Å². The average molecular weight is 906 g/mol. The summed E-state index contributed by atoms with van der Waals surface area (Å²) in [5.41, 5.74) is 0. The van der Waals surface area contributed by atoms with Crippen molar-refractivity contribution in [1.82, 2.24) is 0 Å². The second-order valence-corrected chi connectivity index (χ2v) is 20.9. The largest absolute Gasteiger partial charge is 0.462 e. The third kappa shape index (κ3) is 51.4. The predicted octanol–water partition coefficient (Wildman–Crippen LogP) is 18.9. The maximum Gasteiger partial charge on any atom is 0.306 e. The van der Waals surface area contributed by atoms with E-state index in [1.54, 1.807) is 0 Å². The summed E-state index contributed by atoms with van der Waals surface area (Å²) < 4.78 is 16.9. The molecule has 0 aromatic rings. The minimum Gasteiger partial charge on any atom is -0.462 e. The van der Waals surface area contributed by atoms with Crippen LogP contribution < -0.4 is 0 Å². The molecule has 0 aliphatic carbocycles. The monoisotopic (exact) mass is 905 g/mol. The van der Waals surface area contributed by atoms with Gasteiger partial charge in [-0.3, -0.25) is 14.4 Å². The van der Waals surface area contributed by atoms with Gasteiger partial charge in [-0.05, 0) is 31.1 Å². The summed E-state index contributed by atoms with van der Waals surface area (Å²) in [4.78, 5) is 38.1. The minimum atomic E-state index is -0.763. The molecule has 6 nitrogen and oxygen atoms in total. The zero-order valence-corrected chi connectivity index (χ0v) is 43.9. The highest BCUT2D eigenvalue weighted by molar-refractivity contribution is 5.71. The van der Waals surface area contributed by atoms with Crippen molar-refractivity contribution in [3.63, 3.8) is 0 Å². The van der Waals surface area contributed by atoms with Crippen LogP contribution in [0.1, 0.15) is 324 Å². The van der Waals surface area contributed by atoms with Crippen LogP contribution in [0, 0.1) is 11.8 Å². The number of unbranched alkanes of at least 4 members (excludes halogenated alkanes) is 37. The number of hydrogen-bond donors (Lipinski definition) is 0. The fraction of sp³-hybridized carbons (Fsp3) is 0.948. The zero-order valence-electron chi connectivity index (χ0n) is 43.9. The van der Waals surface area contributed by atoms with E-state index in [2.05, 4.69) is 34.6 Å². The van der Waals surface area contributed by atoms with Crippen molar-refractivity contribution in [3.05, 3.63) is 0 Å². The first-order valence-electron chi connectivity index (χ1n) is 28.7. The molecular weight excluding hydrogens is 793 g/mol. The van der Waals surface area contributed by atoms with Crippen molar-refractivity contribution in [2.24, 2.45) is 11.8 Å². The smallest absolute Gasteiger partial charge is 0.306 e. The van der Waals surface area contributed by atoms with E-state index in [1.807, 2.05) is 0 Å². The first-order chi connectivity index (χ1) is 31.2. The number of carbonyl (C=O) groups excluding carboxylic acids is 3. The number of esters is 3. The topological polar surface area (TPSA) is 78.9 Å². The second kappa shape index (κ2) is 50.8. The Balaban J connectivity index is 4.30. The molecule has 0 bridgehead atoms. The highest BCUT2D eigenvalue weighted by Gasteiger charge is 2.19. The molecule has 0 aliphatic heterocycles. The molecule has 0 aliphatic rings. The molecular formula is C58H112O6. The van der Waals surface area contributed by atoms with Gasteiger partial charge in [0, 0.05) is 19.3 Å². The number of rotatable bonds is 52. The molecule has 0 aromatic heterocycles. The zero-order chi connectivity index (χ0) is 46.8. The van der Waals surface area contributed by atoms with Gasteiger partial charge in [0.25, 0.3) is 0 Å². The molecule has 0 aromatic carbocycles. The Labute approximate surface area is 399 Å². The summed E-state index contributed by atoms with van der Waals surface area (Å²) in [6, 6.07) is 0. The van der Waals surface area contributed by atoms with Gasteiger partial charge in [0.1, 0.15) is 13.2 Å². The van der Waals surface area contributed by atoms with E-state index in [-0.39, 0.29) is 31.1 Å². The standard InChI is InChI=1S/C58H112O6/c1-6-7-8-9-10-11-12-13-14-15-16-17-24-30-35-40-45-50-58(61)64-55(52-63-57(60)49-44-39-34-29-25-20-22-27-32-37-42-47-54(4)5)51-62-56(59)48-43-38-33-28-23-19-18-21-26-31-36-41-46-53(2)3/h53-55H,6-52H2,1-5H3/t55-/m0/s1. The Hall–Kier alpha value is -1.59. The van der Waals surface area contributed by atoms with Crippen LogP contribution in [0.5, 0.6) is 0 Å². The van der Waals surface area contributed by atoms with Gasteiger partial charge >= 0.3 is 17.9 Å². The summed E-state index contributed by atoms with van der Waals surface area (Å²) in [5.74, 6) is 0.821. The van der Waals surface area contributed by atoms with Gasteiger partial charge in [-0.2, -0.15) is 0 Å². The lowest BCUT2D eigenvalue weighted by Crippen LogP contribution is -2.30. The fourth-order valence-electron chi connectivity index (χ4n) is 8.87. The predicted molar refractivity (Wildman–Crippen MR) is 275 cm³/mol. The van der Waals surface area contributed by atoms with Gasteiger partial charge in [-0.1, -0.05) is 285 Å². The van der Waals surface area contributed by atoms with Crippen molar-refractivity contribution < 1.29 is 28.6 Å². The van der Waals surface area contributed by atoms with Gasteiger partial charge in [0.05, 0.1) is 0 Å². The molecule has 6 heteroatoms. The number of hydrogen-bond acceptors (Lipinski definition) is 6. The van der Waals surface area contributed by atoms with Gasteiger partial charge < -0.3 is 14.2 Å². The molecule has 0 N–H and O–H groups in total. The summed E-state index contributed by atoms with van der Waals surface area (Å²) >= 11 is 0. The Bertz CT molecular complexity index is 978. The normalized spacial score (nSPS) is 12.0. The molecule has 0 fully saturated rings. The third-order valence-corrected chi connectivity index (χ3v) is 13.2. The van der Waals surface area contributed by atoms with E-state index < -0.39 is 6.10 Å². The van der Waals surface area contributed by atoms with E-state index in [4.69, 9.17) is 14.2 Å². The molecule has 0 heterocycles. The van der Waals surface area contributed by atoms with Crippen LogP contribution in [-0.2, 0) is 28.6 Å². The van der Waals surface area contributed by atoms with Crippen LogP contribution in [0.2, 0.25) is 0 Å². The third-order valence-electron chi connectivity index (χ3n) is 13.2. The van der Waals surface area contributed by atoms with Gasteiger partial charge in [0.15, 0.2) is 6.10 Å². The van der Waals surface area contributed by atoms with E-state index in [1.165, 1.54) is 212 Å². The Morgan fingerprint density at radius 2 is 0.516 bits per heavy atom. The molecule has 0 amide bonds. The van der Waals surface area contributed by atoms with Crippen molar-refractivity contribution in [1.29, 1.82) is 0 Å². The quantitative estimate of drug-likeness (QED) is 0.0344. The van der Waals surface area contributed by atoms with Crippen LogP contribution in [0.15, 0.2) is 0 Å². The van der Waals surface area contributed by atoms with Crippen LogP contribution in [0.25, 0.3) is 0 Å². The van der Waals surface area contributed by atoms with Crippen LogP contribution >= 0.6 is 0 Å². The number of carbonyl (C=O) groups is 3. The molecule has 0 unspecified atom stereocenters. The molecule has 0 spiro atoms. The first kappa shape index (κ1) is 62.4. The van der Waals surface area contributed by atoms with Crippen molar-refractivity contribution in [2.75, 3.05) is 13.2 Å². The molecule has 0 radical (unpaired) electrons. The van der Waals surface area contributed by atoms with Crippen molar-refractivity contribution in [3.8, 4) is 0 Å². The first-order valence-corrected chi connectivity index (χ1v) is 28.7. The SMILES string of the molecule is CCCCCCCCCCCCCCCCCCCC(=O)O[C@@H](COC(=O)CCCCCCCCCCCCCCC(C)C)COC(=O)CCCCCCCCCCCCCC(C)C. The summed E-state index contributed by atoms with van der Waals surface area (Å²) in [7, 11) is 0. The highest BCUT2D eigenvalue weighted by atomic mass is 16.6. The fourth-order valence-corrected chi connectivity index (χ4v) is 8.87. The highest BCUT2D eigenvalue weighted by Crippen LogP contribution is 2.18. The lowest BCUT2D eigenvalue weighted by Gasteiger charge is -2.18.